The molecule has 0 heterocycles. The van der Waals surface area contributed by atoms with Crippen LogP contribution in [0.25, 0.3) is 0 Å². The van der Waals surface area contributed by atoms with Crippen molar-refractivity contribution in [1.82, 2.24) is 5.32 Å². The summed E-state index contributed by atoms with van der Waals surface area (Å²) in [5.74, 6) is 0.0601. The number of nitrogens with one attached hydrogen (secondary N) is 1. The maximum Gasteiger partial charge on any atom is 0.0666 e. The zero-order chi connectivity index (χ0) is 10.3. The Morgan fingerprint density at radius 1 is 1.54 bits per heavy atom. The van der Waals surface area contributed by atoms with E-state index in [-0.39, 0.29) is 17.9 Å². The van der Waals surface area contributed by atoms with Crippen LogP contribution in [0, 0.1) is 22.7 Å². The number of aliphatic hydroxyl groups excluding tert-OH is 1. The van der Waals surface area contributed by atoms with Crippen molar-refractivity contribution in [2.45, 2.75) is 27.2 Å². The highest BCUT2D eigenvalue weighted by molar-refractivity contribution is 4.81. The van der Waals surface area contributed by atoms with Gasteiger partial charge in [-0.1, -0.05) is 13.8 Å². The molecule has 0 radical (unpaired) electrons. The standard InChI is InChI=1S/C10H20N2O/c1-9(6-11)7-12-8-10(2,3)4-5-13/h9,12-13H,4-5,7-8H2,1-3H3. The summed E-state index contributed by atoms with van der Waals surface area (Å²) in [6.07, 6.45) is 0.793. The van der Waals surface area contributed by atoms with Gasteiger partial charge in [0.2, 0.25) is 0 Å². The van der Waals surface area contributed by atoms with E-state index in [4.69, 9.17) is 10.4 Å². The average Bonchev–Trinajstić information content (AvgIpc) is 2.03. The highest BCUT2D eigenvalue weighted by Crippen LogP contribution is 2.17. The Morgan fingerprint density at radius 3 is 2.62 bits per heavy atom. The third-order valence-corrected chi connectivity index (χ3v) is 2.06. The number of nitrogens with zero attached hydrogens (tertiary/aromatic N) is 1. The molecule has 3 heteroatoms. The molecule has 0 aliphatic carbocycles. The average molecular weight is 184 g/mol. The van der Waals surface area contributed by atoms with Gasteiger partial charge in [0.05, 0.1) is 12.0 Å². The second kappa shape index (κ2) is 5.95. The summed E-state index contributed by atoms with van der Waals surface area (Å²) in [6, 6.07) is 2.17. The van der Waals surface area contributed by atoms with E-state index in [0.717, 1.165) is 19.5 Å². The maximum absolute atomic E-state index is 8.78. The highest BCUT2D eigenvalue weighted by atomic mass is 16.3. The highest BCUT2D eigenvalue weighted by Gasteiger charge is 2.16. The Balaban J connectivity index is 3.58. The Labute approximate surface area is 80.8 Å². The first-order chi connectivity index (χ1) is 6.02. The second-order valence-corrected chi connectivity index (χ2v) is 4.30. The summed E-state index contributed by atoms with van der Waals surface area (Å²) in [7, 11) is 0. The number of hydrogen-bond donors (Lipinski definition) is 2. The lowest BCUT2D eigenvalue weighted by Crippen LogP contribution is -2.32. The van der Waals surface area contributed by atoms with Gasteiger partial charge in [0.15, 0.2) is 0 Å². The molecule has 0 saturated heterocycles. The fraction of sp³-hybridized carbons (Fsp3) is 0.900. The Hall–Kier alpha value is -0.590. The number of nitriles is 1. The van der Waals surface area contributed by atoms with Gasteiger partial charge in [0.25, 0.3) is 0 Å². The molecular weight excluding hydrogens is 164 g/mol. The van der Waals surface area contributed by atoms with Gasteiger partial charge in [0.1, 0.15) is 0 Å². The molecule has 0 aromatic rings. The van der Waals surface area contributed by atoms with Crippen molar-refractivity contribution in [2.75, 3.05) is 19.7 Å². The summed E-state index contributed by atoms with van der Waals surface area (Å²) >= 11 is 0. The quantitative estimate of drug-likeness (QED) is 0.651. The molecule has 0 amide bonds. The predicted molar refractivity (Wildman–Crippen MR) is 53.1 cm³/mol. The van der Waals surface area contributed by atoms with Gasteiger partial charge in [-0.3, -0.25) is 0 Å². The van der Waals surface area contributed by atoms with Crippen molar-refractivity contribution < 1.29 is 5.11 Å². The molecule has 0 aliphatic rings. The normalized spacial score (nSPS) is 13.8. The van der Waals surface area contributed by atoms with Gasteiger partial charge in [-0.25, -0.2) is 0 Å². The molecule has 0 aliphatic heterocycles. The molecule has 2 N–H and O–H groups in total. The Kier molecular flexibility index (Phi) is 5.68. The molecule has 0 aromatic heterocycles. The summed E-state index contributed by atoms with van der Waals surface area (Å²) in [5, 5.41) is 20.5. The molecule has 1 atom stereocenters. The molecule has 0 fully saturated rings. The fourth-order valence-electron chi connectivity index (χ4n) is 1.06. The van der Waals surface area contributed by atoms with E-state index in [1.54, 1.807) is 0 Å². The Morgan fingerprint density at radius 2 is 2.15 bits per heavy atom. The van der Waals surface area contributed by atoms with Crippen LogP contribution >= 0.6 is 0 Å². The fourth-order valence-corrected chi connectivity index (χ4v) is 1.06. The summed E-state index contributed by atoms with van der Waals surface area (Å²) in [4.78, 5) is 0. The molecule has 0 aromatic carbocycles. The minimum atomic E-state index is 0.0601. The smallest absolute Gasteiger partial charge is 0.0666 e. The van der Waals surface area contributed by atoms with E-state index in [9.17, 15) is 0 Å². The molecule has 0 spiro atoms. The van der Waals surface area contributed by atoms with Crippen LogP contribution in [-0.2, 0) is 0 Å². The van der Waals surface area contributed by atoms with E-state index >= 15 is 0 Å². The first kappa shape index (κ1) is 12.4. The van der Waals surface area contributed by atoms with Crippen LogP contribution in [0.5, 0.6) is 0 Å². The first-order valence-electron chi connectivity index (χ1n) is 4.73. The van der Waals surface area contributed by atoms with Crippen molar-refractivity contribution in [3.8, 4) is 6.07 Å². The van der Waals surface area contributed by atoms with Gasteiger partial charge in [-0.2, -0.15) is 5.26 Å². The van der Waals surface area contributed by atoms with Crippen LogP contribution in [-0.4, -0.2) is 24.8 Å². The number of rotatable bonds is 6. The molecule has 13 heavy (non-hydrogen) atoms. The van der Waals surface area contributed by atoms with Crippen molar-refractivity contribution in [3.63, 3.8) is 0 Å². The summed E-state index contributed by atoms with van der Waals surface area (Å²) in [5.41, 5.74) is 0.115. The van der Waals surface area contributed by atoms with Crippen molar-refractivity contribution in [2.24, 2.45) is 11.3 Å². The van der Waals surface area contributed by atoms with Gasteiger partial charge in [-0.15, -0.1) is 0 Å². The molecule has 3 nitrogen and oxygen atoms in total. The van der Waals surface area contributed by atoms with Crippen molar-refractivity contribution in [3.05, 3.63) is 0 Å². The van der Waals surface area contributed by atoms with Gasteiger partial charge >= 0.3 is 0 Å². The van der Waals surface area contributed by atoms with Crippen LogP contribution in [0.2, 0.25) is 0 Å². The lowest BCUT2D eigenvalue weighted by molar-refractivity contribution is 0.206. The SMILES string of the molecule is CC(C#N)CNCC(C)(C)CCO. The molecule has 1 unspecified atom stereocenters. The van der Waals surface area contributed by atoms with Gasteiger partial charge in [0, 0.05) is 19.7 Å². The van der Waals surface area contributed by atoms with E-state index in [1.807, 2.05) is 6.92 Å². The topological polar surface area (TPSA) is 56.0 Å². The molecule has 0 bridgehead atoms. The van der Waals surface area contributed by atoms with Crippen LogP contribution in [0.1, 0.15) is 27.2 Å². The monoisotopic (exact) mass is 184 g/mol. The zero-order valence-corrected chi connectivity index (χ0v) is 8.80. The first-order valence-corrected chi connectivity index (χ1v) is 4.73. The molecular formula is C10H20N2O. The molecule has 76 valence electrons. The zero-order valence-electron chi connectivity index (χ0n) is 8.80. The summed E-state index contributed by atoms with van der Waals surface area (Å²) in [6.45, 7) is 7.90. The van der Waals surface area contributed by atoms with Gasteiger partial charge in [-0.05, 0) is 18.8 Å². The third-order valence-electron chi connectivity index (χ3n) is 2.06. The van der Waals surface area contributed by atoms with Crippen molar-refractivity contribution in [1.29, 1.82) is 5.26 Å². The summed E-state index contributed by atoms with van der Waals surface area (Å²) < 4.78 is 0. The van der Waals surface area contributed by atoms with E-state index in [2.05, 4.69) is 25.2 Å². The minimum absolute atomic E-state index is 0.0601. The largest absolute Gasteiger partial charge is 0.396 e. The molecule has 0 rings (SSSR count). The second-order valence-electron chi connectivity index (χ2n) is 4.30. The minimum Gasteiger partial charge on any atom is -0.396 e. The third kappa shape index (κ3) is 6.56. The Bertz CT molecular complexity index is 172. The van der Waals surface area contributed by atoms with Gasteiger partial charge < -0.3 is 10.4 Å². The number of hydrogen-bond acceptors (Lipinski definition) is 3. The van der Waals surface area contributed by atoms with E-state index in [0.29, 0.717) is 0 Å². The molecule has 0 saturated carbocycles. The van der Waals surface area contributed by atoms with Crippen LogP contribution in [0.15, 0.2) is 0 Å². The predicted octanol–water partition coefficient (Wildman–Crippen LogP) is 1.14. The maximum atomic E-state index is 8.78. The van der Waals surface area contributed by atoms with E-state index < -0.39 is 0 Å². The lowest BCUT2D eigenvalue weighted by Gasteiger charge is -2.24. The van der Waals surface area contributed by atoms with Crippen molar-refractivity contribution >= 4 is 0 Å². The van der Waals surface area contributed by atoms with Crippen LogP contribution in [0.4, 0.5) is 0 Å². The lowest BCUT2D eigenvalue weighted by atomic mass is 9.89. The van der Waals surface area contributed by atoms with Crippen LogP contribution in [0.3, 0.4) is 0 Å². The van der Waals surface area contributed by atoms with E-state index in [1.165, 1.54) is 0 Å². The van der Waals surface area contributed by atoms with Crippen LogP contribution < -0.4 is 5.32 Å². The number of aliphatic hydroxyl groups is 1.